The molecule has 4 heteroatoms. The van der Waals surface area contributed by atoms with Crippen LogP contribution in [-0.4, -0.2) is 23.1 Å². The largest absolute Gasteiger partial charge is 0.369 e. The minimum Gasteiger partial charge on any atom is -0.369 e. The number of carbonyl (C=O) groups is 1. The molecule has 3 N–H and O–H groups in total. The molecule has 3 rings (SSSR count). The van der Waals surface area contributed by atoms with Crippen molar-refractivity contribution < 1.29 is 4.79 Å². The number of hydrogen-bond acceptors (Lipinski definition) is 2. The Kier molecular flexibility index (Phi) is 2.21. The normalized spacial score (nSPS) is 14.5. The van der Waals surface area contributed by atoms with Gasteiger partial charge >= 0.3 is 0 Å². The number of carbonyl (C=O) groups excluding carboxylic acids is 1. The van der Waals surface area contributed by atoms with E-state index in [4.69, 9.17) is 5.73 Å². The predicted molar refractivity (Wildman–Crippen MR) is 67.2 cm³/mol. The number of aromatic amines is 1. The summed E-state index contributed by atoms with van der Waals surface area (Å²) in [6.45, 7) is 0.734. The Hall–Kier alpha value is -2.10. The number of aromatic nitrogens is 1. The summed E-state index contributed by atoms with van der Waals surface area (Å²) in [7, 11) is 0. The van der Waals surface area contributed by atoms with Gasteiger partial charge < -0.3 is 10.7 Å². The number of nitrogens with two attached hydrogens (primary N) is 1. The highest BCUT2D eigenvalue weighted by molar-refractivity contribution is 6.13. The van der Waals surface area contributed by atoms with Crippen LogP contribution in [0.1, 0.15) is 17.7 Å². The van der Waals surface area contributed by atoms with Gasteiger partial charge in [0, 0.05) is 17.4 Å². The van der Waals surface area contributed by atoms with Crippen molar-refractivity contribution in [2.24, 2.45) is 10.7 Å². The van der Waals surface area contributed by atoms with Gasteiger partial charge in [0.05, 0.1) is 17.8 Å². The highest BCUT2D eigenvalue weighted by Gasteiger charge is 2.20. The Labute approximate surface area is 98.5 Å². The van der Waals surface area contributed by atoms with Crippen molar-refractivity contribution in [3.05, 3.63) is 35.5 Å². The number of benzene rings is 1. The topological polar surface area (TPSA) is 71.2 Å². The lowest BCUT2D eigenvalue weighted by Gasteiger charge is -2.11. The Morgan fingerprint density at radius 3 is 3.06 bits per heavy atom. The van der Waals surface area contributed by atoms with Crippen LogP contribution in [0.4, 0.5) is 0 Å². The Morgan fingerprint density at radius 1 is 1.41 bits per heavy atom. The van der Waals surface area contributed by atoms with Gasteiger partial charge in [-0.2, -0.15) is 0 Å². The summed E-state index contributed by atoms with van der Waals surface area (Å²) >= 11 is 0. The van der Waals surface area contributed by atoms with Gasteiger partial charge in [0.25, 0.3) is 0 Å². The lowest BCUT2D eigenvalue weighted by Crippen LogP contribution is -2.21. The smallest absolute Gasteiger partial charge is 0.223 e. The maximum atomic E-state index is 11.0. The van der Waals surface area contributed by atoms with Crippen LogP contribution >= 0.6 is 0 Å². The van der Waals surface area contributed by atoms with Crippen LogP contribution in [0, 0.1) is 0 Å². The van der Waals surface area contributed by atoms with Gasteiger partial charge in [0.1, 0.15) is 0 Å². The number of primary amides is 1. The second-order valence-electron chi connectivity index (χ2n) is 4.25. The van der Waals surface area contributed by atoms with Gasteiger partial charge in [0.15, 0.2) is 0 Å². The number of H-pyrrole nitrogens is 1. The average Bonchev–Trinajstić information content (AvgIpc) is 2.68. The fourth-order valence-corrected chi connectivity index (χ4v) is 2.40. The first kappa shape index (κ1) is 10.1. The van der Waals surface area contributed by atoms with Crippen LogP contribution in [0.2, 0.25) is 0 Å². The standard InChI is InChI=1S/C13H13N3O/c14-12(17)7-11-13-9(5-6-15-11)8-3-1-2-4-10(8)16-13/h1-4,16H,5-7H2,(H2,14,17). The molecule has 1 aromatic heterocycles. The van der Waals surface area contributed by atoms with Gasteiger partial charge in [-0.15, -0.1) is 0 Å². The van der Waals surface area contributed by atoms with Crippen LogP contribution < -0.4 is 5.73 Å². The number of nitrogens with zero attached hydrogens (tertiary/aromatic N) is 1. The Morgan fingerprint density at radius 2 is 2.24 bits per heavy atom. The summed E-state index contributed by atoms with van der Waals surface area (Å²) in [4.78, 5) is 18.7. The molecule has 17 heavy (non-hydrogen) atoms. The van der Waals surface area contributed by atoms with Crippen LogP contribution in [0.3, 0.4) is 0 Å². The van der Waals surface area contributed by atoms with Crippen molar-refractivity contribution in [1.82, 2.24) is 4.98 Å². The fraction of sp³-hybridized carbons (Fsp3) is 0.231. The van der Waals surface area contributed by atoms with Crippen LogP contribution in [0.15, 0.2) is 29.3 Å². The SMILES string of the molecule is NC(=O)CC1=NCCc2c1[nH]c1ccccc21. The van der Waals surface area contributed by atoms with Crippen LogP contribution in [0.25, 0.3) is 10.9 Å². The molecule has 0 fully saturated rings. The van der Waals surface area contributed by atoms with E-state index in [-0.39, 0.29) is 12.3 Å². The number of aliphatic imine (C=N–C) groups is 1. The number of rotatable bonds is 2. The molecule has 1 aromatic carbocycles. The molecule has 1 amide bonds. The Bertz CT molecular complexity index is 625. The van der Waals surface area contributed by atoms with Crippen LogP contribution in [0.5, 0.6) is 0 Å². The van der Waals surface area contributed by atoms with E-state index in [1.165, 1.54) is 10.9 Å². The molecule has 2 heterocycles. The number of nitrogens with one attached hydrogen (secondary N) is 1. The highest BCUT2D eigenvalue weighted by Crippen LogP contribution is 2.26. The zero-order valence-electron chi connectivity index (χ0n) is 9.36. The molecule has 0 spiro atoms. The quantitative estimate of drug-likeness (QED) is 0.799. The van der Waals surface area contributed by atoms with E-state index < -0.39 is 0 Å². The molecule has 0 bridgehead atoms. The molecule has 0 unspecified atom stereocenters. The van der Waals surface area contributed by atoms with Crippen molar-refractivity contribution >= 4 is 22.5 Å². The molecular weight excluding hydrogens is 214 g/mol. The van der Waals surface area contributed by atoms with Gasteiger partial charge in [-0.25, -0.2) is 0 Å². The maximum absolute atomic E-state index is 11.0. The van der Waals surface area contributed by atoms with E-state index in [1.807, 2.05) is 18.2 Å². The summed E-state index contributed by atoms with van der Waals surface area (Å²) in [5.41, 5.74) is 9.36. The summed E-state index contributed by atoms with van der Waals surface area (Å²) in [6, 6.07) is 8.15. The third-order valence-corrected chi connectivity index (χ3v) is 3.11. The first-order chi connectivity index (χ1) is 8.25. The van der Waals surface area contributed by atoms with Crippen molar-refractivity contribution in [3.63, 3.8) is 0 Å². The summed E-state index contributed by atoms with van der Waals surface area (Å²) in [5.74, 6) is -0.338. The second kappa shape index (κ2) is 3.73. The summed E-state index contributed by atoms with van der Waals surface area (Å²) < 4.78 is 0. The summed E-state index contributed by atoms with van der Waals surface area (Å²) in [5, 5.41) is 1.22. The highest BCUT2D eigenvalue weighted by atomic mass is 16.1. The van der Waals surface area contributed by atoms with Gasteiger partial charge in [-0.3, -0.25) is 9.79 Å². The maximum Gasteiger partial charge on any atom is 0.223 e. The first-order valence-corrected chi connectivity index (χ1v) is 5.67. The number of fused-ring (bicyclic) bond motifs is 3. The van der Waals surface area contributed by atoms with E-state index in [1.54, 1.807) is 0 Å². The zero-order chi connectivity index (χ0) is 11.8. The zero-order valence-corrected chi connectivity index (χ0v) is 9.36. The molecule has 0 saturated carbocycles. The van der Waals surface area contributed by atoms with E-state index in [9.17, 15) is 4.79 Å². The molecule has 86 valence electrons. The molecule has 0 aliphatic carbocycles. The van der Waals surface area contributed by atoms with Gasteiger partial charge in [0.2, 0.25) is 5.91 Å². The lowest BCUT2D eigenvalue weighted by atomic mass is 10.0. The second-order valence-corrected chi connectivity index (χ2v) is 4.25. The molecule has 0 radical (unpaired) electrons. The van der Waals surface area contributed by atoms with Gasteiger partial charge in [-0.05, 0) is 18.1 Å². The third kappa shape index (κ3) is 1.62. The van der Waals surface area contributed by atoms with E-state index in [2.05, 4.69) is 16.0 Å². The third-order valence-electron chi connectivity index (χ3n) is 3.11. The molecule has 1 aliphatic rings. The summed E-state index contributed by atoms with van der Waals surface area (Å²) in [6.07, 6.45) is 1.13. The van der Waals surface area contributed by atoms with E-state index in [0.717, 1.165) is 29.9 Å². The number of para-hydroxylation sites is 1. The van der Waals surface area contributed by atoms with Crippen molar-refractivity contribution in [2.75, 3.05) is 6.54 Å². The van der Waals surface area contributed by atoms with Crippen molar-refractivity contribution in [3.8, 4) is 0 Å². The van der Waals surface area contributed by atoms with Crippen molar-refractivity contribution in [2.45, 2.75) is 12.8 Å². The fourth-order valence-electron chi connectivity index (χ4n) is 2.40. The average molecular weight is 227 g/mol. The molecule has 4 nitrogen and oxygen atoms in total. The minimum absolute atomic E-state index is 0.208. The monoisotopic (exact) mass is 227 g/mol. The molecular formula is C13H13N3O. The Balaban J connectivity index is 2.16. The first-order valence-electron chi connectivity index (χ1n) is 5.67. The molecule has 2 aromatic rings. The minimum atomic E-state index is -0.338. The molecule has 0 saturated heterocycles. The van der Waals surface area contributed by atoms with E-state index in [0.29, 0.717) is 0 Å². The van der Waals surface area contributed by atoms with Gasteiger partial charge in [-0.1, -0.05) is 18.2 Å². The van der Waals surface area contributed by atoms with E-state index >= 15 is 0 Å². The molecule has 0 atom stereocenters. The van der Waals surface area contributed by atoms with Crippen LogP contribution in [-0.2, 0) is 11.2 Å². The predicted octanol–water partition coefficient (Wildman–Crippen LogP) is 1.39. The lowest BCUT2D eigenvalue weighted by molar-refractivity contribution is -0.116. The number of hydrogen-bond donors (Lipinski definition) is 2. The van der Waals surface area contributed by atoms with Crippen molar-refractivity contribution in [1.29, 1.82) is 0 Å². The number of amides is 1. The molecule has 1 aliphatic heterocycles.